The van der Waals surface area contributed by atoms with Gasteiger partial charge < -0.3 is 29.7 Å². The third-order valence-corrected chi connectivity index (χ3v) is 8.05. The third kappa shape index (κ3) is 7.39. The van der Waals surface area contributed by atoms with Crippen LogP contribution in [0.3, 0.4) is 0 Å². The van der Waals surface area contributed by atoms with Gasteiger partial charge in [-0.2, -0.15) is 5.10 Å². The first-order valence-electron chi connectivity index (χ1n) is 14.9. The molecule has 0 aliphatic carbocycles. The van der Waals surface area contributed by atoms with Crippen molar-refractivity contribution in [3.05, 3.63) is 77.1 Å². The van der Waals surface area contributed by atoms with E-state index in [0.29, 0.717) is 42.5 Å². The first kappa shape index (κ1) is 31.8. The second-order valence-corrected chi connectivity index (χ2v) is 12.6. The van der Waals surface area contributed by atoms with Crippen molar-refractivity contribution in [3.63, 3.8) is 0 Å². The molecule has 5 rings (SSSR count). The minimum Gasteiger partial charge on any atom is -0.444 e. The Bertz CT molecular complexity index is 1560. The number of nitrogens with zero attached hydrogens (tertiary/aromatic N) is 6. The summed E-state index contributed by atoms with van der Waals surface area (Å²) in [5, 5.41) is 7.28. The van der Waals surface area contributed by atoms with Crippen LogP contribution in [0.2, 0.25) is 5.02 Å². The van der Waals surface area contributed by atoms with E-state index in [2.05, 4.69) is 10.4 Å². The van der Waals surface area contributed by atoms with Crippen LogP contribution in [0.4, 0.5) is 15.3 Å². The van der Waals surface area contributed by atoms with Crippen molar-refractivity contribution in [1.82, 2.24) is 29.8 Å². The molecule has 0 spiro atoms. The molecule has 0 saturated carbocycles. The molecule has 5 amide bonds. The highest BCUT2D eigenvalue weighted by molar-refractivity contribution is 6.34. The minimum atomic E-state index is -0.594. The number of hydrogen-bond acceptors (Lipinski definition) is 6. The molecule has 13 heteroatoms. The quantitative estimate of drug-likeness (QED) is 0.460. The molecule has 3 aromatic rings. The molecule has 1 atom stereocenters. The number of urea groups is 1. The topological polar surface area (TPSA) is 120 Å². The van der Waals surface area contributed by atoms with E-state index >= 15 is 0 Å². The van der Waals surface area contributed by atoms with Gasteiger partial charge in [0, 0.05) is 63.4 Å². The maximum absolute atomic E-state index is 13.9. The van der Waals surface area contributed by atoms with Crippen LogP contribution in [0, 0.1) is 0 Å². The lowest BCUT2D eigenvalue weighted by molar-refractivity contribution is -0.131. The number of benzene rings is 2. The molecule has 2 aliphatic rings. The standard InChI is InChI=1S/C32H38ClN7O5/c1-22-20-39(29(42)25-11-10-24(18-26(25)33)40-13-7-12-35-40)27-9-6-5-8-23(27)21-38(22)30(43)34-19-28(41)36-14-16-37(17-15-36)31(44)45-32(2,3)4/h5-13,18,22H,14-17,19-21H2,1-4H3,(H,34,43)/t22-/m1/s1. The van der Waals surface area contributed by atoms with Crippen LogP contribution in [0.25, 0.3) is 5.69 Å². The maximum Gasteiger partial charge on any atom is 0.410 e. The number of carbonyl (C=O) groups is 4. The van der Waals surface area contributed by atoms with E-state index in [1.165, 1.54) is 0 Å². The van der Waals surface area contributed by atoms with Gasteiger partial charge in [0.2, 0.25) is 5.91 Å². The zero-order valence-corrected chi connectivity index (χ0v) is 26.7. The van der Waals surface area contributed by atoms with E-state index in [1.54, 1.807) is 60.9 Å². The van der Waals surface area contributed by atoms with E-state index in [4.69, 9.17) is 16.3 Å². The summed E-state index contributed by atoms with van der Waals surface area (Å²) in [6.45, 7) is 9.00. The van der Waals surface area contributed by atoms with Gasteiger partial charge in [-0.25, -0.2) is 14.3 Å². The van der Waals surface area contributed by atoms with Crippen LogP contribution in [0.15, 0.2) is 60.9 Å². The Morgan fingerprint density at radius 1 is 1.00 bits per heavy atom. The van der Waals surface area contributed by atoms with Crippen LogP contribution in [-0.4, -0.2) is 99.3 Å². The normalized spacial score (nSPS) is 17.0. The summed E-state index contributed by atoms with van der Waals surface area (Å²) in [5.41, 5.74) is 1.96. The molecule has 0 unspecified atom stereocenters. The lowest BCUT2D eigenvalue weighted by Gasteiger charge is -2.35. The van der Waals surface area contributed by atoms with E-state index in [-0.39, 0.29) is 37.5 Å². The van der Waals surface area contributed by atoms with Crippen molar-refractivity contribution in [2.45, 2.75) is 45.9 Å². The van der Waals surface area contributed by atoms with Crippen molar-refractivity contribution in [2.75, 3.05) is 44.2 Å². The number of piperazine rings is 1. The number of nitrogens with one attached hydrogen (secondary N) is 1. The zero-order valence-electron chi connectivity index (χ0n) is 25.9. The fraction of sp³-hybridized carbons (Fsp3) is 0.406. The molecule has 2 aliphatic heterocycles. The summed E-state index contributed by atoms with van der Waals surface area (Å²) in [6.07, 6.45) is 3.05. The Morgan fingerprint density at radius 2 is 1.71 bits per heavy atom. The summed E-state index contributed by atoms with van der Waals surface area (Å²) in [6, 6.07) is 13.6. The number of amides is 5. The Hall–Kier alpha value is -4.58. The first-order valence-corrected chi connectivity index (χ1v) is 15.3. The average molecular weight is 636 g/mol. The molecular formula is C32H38ClN7O5. The summed E-state index contributed by atoms with van der Waals surface area (Å²) in [5.74, 6) is -0.519. The van der Waals surface area contributed by atoms with Gasteiger partial charge in [0.1, 0.15) is 5.60 Å². The maximum atomic E-state index is 13.9. The number of aromatic nitrogens is 2. The molecule has 45 heavy (non-hydrogen) atoms. The lowest BCUT2D eigenvalue weighted by atomic mass is 10.1. The first-order chi connectivity index (χ1) is 21.4. The van der Waals surface area contributed by atoms with Gasteiger partial charge in [0.15, 0.2) is 0 Å². The average Bonchev–Trinajstić information content (AvgIpc) is 3.50. The predicted octanol–water partition coefficient (Wildman–Crippen LogP) is 4.17. The Balaban J connectivity index is 1.22. The van der Waals surface area contributed by atoms with Gasteiger partial charge in [-0.3, -0.25) is 9.59 Å². The second kappa shape index (κ2) is 13.2. The number of rotatable bonds is 4. The molecule has 3 heterocycles. The van der Waals surface area contributed by atoms with Gasteiger partial charge in [-0.15, -0.1) is 0 Å². The number of carbonyl (C=O) groups excluding carboxylic acids is 4. The van der Waals surface area contributed by atoms with Gasteiger partial charge in [-0.05, 0) is 63.6 Å². The molecule has 1 N–H and O–H groups in total. The highest BCUT2D eigenvalue weighted by Gasteiger charge is 2.33. The number of halogens is 1. The monoisotopic (exact) mass is 635 g/mol. The van der Waals surface area contributed by atoms with Gasteiger partial charge in [-0.1, -0.05) is 29.8 Å². The van der Waals surface area contributed by atoms with Gasteiger partial charge in [0.05, 0.1) is 22.8 Å². The molecular weight excluding hydrogens is 598 g/mol. The zero-order chi connectivity index (χ0) is 32.3. The summed E-state index contributed by atoms with van der Waals surface area (Å²) in [7, 11) is 0. The number of para-hydroxylation sites is 1. The lowest BCUT2D eigenvalue weighted by Crippen LogP contribution is -2.54. The van der Waals surface area contributed by atoms with E-state index in [0.717, 1.165) is 11.3 Å². The van der Waals surface area contributed by atoms with Crippen molar-refractivity contribution in [1.29, 1.82) is 0 Å². The molecule has 1 aromatic heterocycles. The minimum absolute atomic E-state index is 0.184. The number of fused-ring (bicyclic) bond motifs is 1. The van der Waals surface area contributed by atoms with Crippen LogP contribution in [0.5, 0.6) is 0 Å². The van der Waals surface area contributed by atoms with Crippen LogP contribution in [0.1, 0.15) is 43.6 Å². The molecule has 0 radical (unpaired) electrons. The fourth-order valence-electron chi connectivity index (χ4n) is 5.39. The Morgan fingerprint density at radius 3 is 2.38 bits per heavy atom. The smallest absolute Gasteiger partial charge is 0.410 e. The highest BCUT2D eigenvalue weighted by atomic mass is 35.5. The molecule has 238 valence electrons. The largest absolute Gasteiger partial charge is 0.444 e. The summed E-state index contributed by atoms with van der Waals surface area (Å²) < 4.78 is 7.08. The molecule has 2 aromatic carbocycles. The molecule has 1 fully saturated rings. The van der Waals surface area contributed by atoms with E-state index in [1.807, 2.05) is 52.0 Å². The third-order valence-electron chi connectivity index (χ3n) is 7.73. The number of anilines is 1. The van der Waals surface area contributed by atoms with Crippen LogP contribution < -0.4 is 10.2 Å². The Labute approximate surface area is 267 Å². The second-order valence-electron chi connectivity index (χ2n) is 12.1. The van der Waals surface area contributed by atoms with Crippen LogP contribution >= 0.6 is 11.6 Å². The number of ether oxygens (including phenoxy) is 1. The van der Waals surface area contributed by atoms with Crippen molar-refractivity contribution in [2.24, 2.45) is 0 Å². The summed E-state index contributed by atoms with van der Waals surface area (Å²) >= 11 is 6.60. The van der Waals surface area contributed by atoms with Crippen LogP contribution in [-0.2, 0) is 16.1 Å². The molecule has 1 saturated heterocycles. The van der Waals surface area contributed by atoms with Gasteiger partial charge in [0.25, 0.3) is 5.91 Å². The number of hydrogen-bond donors (Lipinski definition) is 1. The van der Waals surface area contributed by atoms with E-state index < -0.39 is 17.7 Å². The fourth-order valence-corrected chi connectivity index (χ4v) is 5.64. The Kier molecular flexibility index (Phi) is 9.33. The van der Waals surface area contributed by atoms with Crippen molar-refractivity contribution < 1.29 is 23.9 Å². The van der Waals surface area contributed by atoms with Crippen molar-refractivity contribution in [3.8, 4) is 5.69 Å². The van der Waals surface area contributed by atoms with E-state index in [9.17, 15) is 19.2 Å². The molecule has 0 bridgehead atoms. The van der Waals surface area contributed by atoms with Gasteiger partial charge >= 0.3 is 12.1 Å². The highest BCUT2D eigenvalue weighted by Crippen LogP contribution is 2.31. The SMILES string of the molecule is C[C@@H]1CN(C(=O)c2ccc(-n3cccn3)cc2Cl)c2ccccc2CN1C(=O)NCC(=O)N1CCN(C(=O)OC(C)(C)C)CC1. The molecule has 12 nitrogen and oxygen atoms in total. The van der Waals surface area contributed by atoms with Crippen molar-refractivity contribution >= 4 is 41.2 Å². The summed E-state index contributed by atoms with van der Waals surface area (Å²) in [4.78, 5) is 59.1. The predicted molar refractivity (Wildman–Crippen MR) is 169 cm³/mol.